The first kappa shape index (κ1) is 10.8. The topological polar surface area (TPSA) is 69.6 Å². The summed E-state index contributed by atoms with van der Waals surface area (Å²) in [7, 11) is 0. The molecule has 1 atom stereocenters. The molecular formula is C9H14N2O3S. The molecule has 0 aromatic heterocycles. The Hall–Kier alpha value is -0.750. The Morgan fingerprint density at radius 1 is 1.47 bits per heavy atom. The summed E-state index contributed by atoms with van der Waals surface area (Å²) in [5.41, 5.74) is 0. The Morgan fingerprint density at radius 2 is 2.13 bits per heavy atom. The Kier molecular flexibility index (Phi) is 3.16. The van der Waals surface area contributed by atoms with Gasteiger partial charge in [-0.05, 0) is 12.8 Å². The zero-order valence-corrected chi connectivity index (χ0v) is 9.13. The molecule has 2 heterocycles. The van der Waals surface area contributed by atoms with E-state index in [0.29, 0.717) is 31.7 Å². The van der Waals surface area contributed by atoms with E-state index >= 15 is 0 Å². The van der Waals surface area contributed by atoms with Gasteiger partial charge in [-0.2, -0.15) is 0 Å². The van der Waals surface area contributed by atoms with Gasteiger partial charge in [-0.25, -0.2) is 0 Å². The number of carbonyl (C=O) groups excluding carboxylic acids is 2. The molecule has 5 nitrogen and oxygen atoms in total. The molecule has 0 radical (unpaired) electrons. The van der Waals surface area contributed by atoms with Crippen LogP contribution in [0.1, 0.15) is 12.8 Å². The van der Waals surface area contributed by atoms with Gasteiger partial charge in [0, 0.05) is 18.8 Å². The summed E-state index contributed by atoms with van der Waals surface area (Å²) in [4.78, 5) is 24.5. The van der Waals surface area contributed by atoms with Gasteiger partial charge in [0.05, 0.1) is 6.10 Å². The molecule has 2 saturated heterocycles. The number of aliphatic hydroxyl groups is 1. The number of thioether (sulfide) groups is 1. The second-order valence-corrected chi connectivity index (χ2v) is 4.84. The molecule has 0 bridgehead atoms. The standard InChI is InChI=1S/C9H14N2O3S/c12-6-1-3-11(4-2-6)8(13)7-5-15-9(14)10-7/h6-7,12H,1-5H2,(H,10,14). The largest absolute Gasteiger partial charge is 0.393 e. The number of hydrogen-bond donors (Lipinski definition) is 2. The monoisotopic (exact) mass is 230 g/mol. The lowest BCUT2D eigenvalue weighted by Gasteiger charge is -2.31. The van der Waals surface area contributed by atoms with Crippen molar-refractivity contribution in [2.24, 2.45) is 0 Å². The molecule has 0 aromatic rings. The van der Waals surface area contributed by atoms with Gasteiger partial charge in [0.2, 0.25) is 5.91 Å². The Labute approximate surface area is 92.2 Å². The average molecular weight is 230 g/mol. The van der Waals surface area contributed by atoms with Gasteiger partial charge in [-0.1, -0.05) is 11.8 Å². The van der Waals surface area contributed by atoms with E-state index < -0.39 is 0 Å². The maximum atomic E-state index is 11.9. The number of aliphatic hydroxyl groups excluding tert-OH is 1. The summed E-state index contributed by atoms with van der Waals surface area (Å²) in [5, 5.41) is 11.8. The van der Waals surface area contributed by atoms with E-state index in [4.69, 9.17) is 0 Å². The lowest BCUT2D eigenvalue weighted by atomic mass is 10.1. The Morgan fingerprint density at radius 3 is 2.67 bits per heavy atom. The van der Waals surface area contributed by atoms with Crippen molar-refractivity contribution in [3.8, 4) is 0 Å². The van der Waals surface area contributed by atoms with Gasteiger partial charge in [-0.15, -0.1) is 0 Å². The number of likely N-dealkylation sites (tertiary alicyclic amines) is 1. The molecule has 0 aliphatic carbocycles. The van der Waals surface area contributed by atoms with Crippen LogP contribution in [0.15, 0.2) is 0 Å². The molecule has 84 valence electrons. The number of nitrogens with zero attached hydrogens (tertiary/aromatic N) is 1. The Bertz CT molecular complexity index is 277. The van der Waals surface area contributed by atoms with Gasteiger partial charge in [-0.3, -0.25) is 9.59 Å². The number of nitrogens with one attached hydrogen (secondary N) is 1. The van der Waals surface area contributed by atoms with Crippen molar-refractivity contribution in [2.45, 2.75) is 25.0 Å². The fourth-order valence-corrected chi connectivity index (χ4v) is 2.59. The van der Waals surface area contributed by atoms with E-state index in [2.05, 4.69) is 5.32 Å². The normalized spacial score (nSPS) is 27.9. The molecule has 2 amide bonds. The summed E-state index contributed by atoms with van der Waals surface area (Å²) in [5.74, 6) is 0.511. The quantitative estimate of drug-likeness (QED) is 0.654. The third kappa shape index (κ3) is 2.43. The van der Waals surface area contributed by atoms with E-state index in [1.54, 1.807) is 4.90 Å². The smallest absolute Gasteiger partial charge is 0.279 e. The van der Waals surface area contributed by atoms with Crippen LogP contribution in [0.5, 0.6) is 0 Å². The second-order valence-electron chi connectivity index (χ2n) is 3.85. The van der Waals surface area contributed by atoms with Gasteiger partial charge < -0.3 is 15.3 Å². The van der Waals surface area contributed by atoms with E-state index in [1.165, 1.54) is 0 Å². The first-order valence-electron chi connectivity index (χ1n) is 5.07. The number of rotatable bonds is 1. The zero-order valence-electron chi connectivity index (χ0n) is 8.31. The highest BCUT2D eigenvalue weighted by atomic mass is 32.2. The van der Waals surface area contributed by atoms with Crippen molar-refractivity contribution in [3.05, 3.63) is 0 Å². The molecule has 6 heteroatoms. The van der Waals surface area contributed by atoms with E-state index in [9.17, 15) is 14.7 Å². The van der Waals surface area contributed by atoms with Crippen molar-refractivity contribution in [2.75, 3.05) is 18.8 Å². The SMILES string of the molecule is O=C1NC(C(=O)N2CCC(O)CC2)CS1. The number of piperidine rings is 1. The number of carbonyl (C=O) groups is 2. The van der Waals surface area contributed by atoms with Crippen LogP contribution < -0.4 is 5.32 Å². The predicted octanol–water partition coefficient (Wildman–Crippen LogP) is -0.205. The summed E-state index contributed by atoms with van der Waals surface area (Å²) in [6.07, 6.45) is 1.00. The minimum atomic E-state index is -0.363. The third-order valence-electron chi connectivity index (χ3n) is 2.75. The van der Waals surface area contributed by atoms with Gasteiger partial charge >= 0.3 is 0 Å². The van der Waals surface area contributed by atoms with Crippen LogP contribution in [0.25, 0.3) is 0 Å². The molecule has 2 aliphatic heterocycles. The Balaban J connectivity index is 1.88. The molecule has 0 saturated carbocycles. The highest BCUT2D eigenvalue weighted by Gasteiger charge is 2.32. The molecule has 2 aliphatic rings. The molecule has 2 rings (SSSR count). The molecule has 15 heavy (non-hydrogen) atoms. The average Bonchev–Trinajstić information content (AvgIpc) is 2.65. The highest BCUT2D eigenvalue weighted by molar-refractivity contribution is 8.14. The summed E-state index contributed by atoms with van der Waals surface area (Å²) < 4.78 is 0. The van der Waals surface area contributed by atoms with Crippen LogP contribution in [0.2, 0.25) is 0 Å². The number of amides is 2. The van der Waals surface area contributed by atoms with Crippen LogP contribution in [-0.4, -0.2) is 52.1 Å². The van der Waals surface area contributed by atoms with E-state index in [1.807, 2.05) is 0 Å². The van der Waals surface area contributed by atoms with Gasteiger partial charge in [0.1, 0.15) is 6.04 Å². The van der Waals surface area contributed by atoms with Crippen molar-refractivity contribution in [3.63, 3.8) is 0 Å². The summed E-state index contributed by atoms with van der Waals surface area (Å²) in [6.45, 7) is 1.19. The maximum absolute atomic E-state index is 11.9. The zero-order chi connectivity index (χ0) is 10.8. The van der Waals surface area contributed by atoms with Gasteiger partial charge in [0.25, 0.3) is 5.24 Å². The molecule has 1 unspecified atom stereocenters. The molecule has 2 fully saturated rings. The van der Waals surface area contributed by atoms with Crippen LogP contribution >= 0.6 is 11.8 Å². The first-order chi connectivity index (χ1) is 7.16. The number of hydrogen-bond acceptors (Lipinski definition) is 4. The van der Waals surface area contributed by atoms with Crippen LogP contribution in [0, 0.1) is 0 Å². The van der Waals surface area contributed by atoms with E-state index in [0.717, 1.165) is 11.8 Å². The van der Waals surface area contributed by atoms with Crippen molar-refractivity contribution in [1.82, 2.24) is 10.2 Å². The summed E-state index contributed by atoms with van der Waals surface area (Å²) >= 11 is 1.15. The fraction of sp³-hybridized carbons (Fsp3) is 0.778. The molecule has 0 aromatic carbocycles. The minimum Gasteiger partial charge on any atom is -0.393 e. The summed E-state index contributed by atoms with van der Waals surface area (Å²) in [6, 6.07) is -0.363. The predicted molar refractivity (Wildman–Crippen MR) is 56.6 cm³/mol. The molecule has 0 spiro atoms. The maximum Gasteiger partial charge on any atom is 0.279 e. The molecular weight excluding hydrogens is 216 g/mol. The van der Waals surface area contributed by atoms with Crippen molar-refractivity contribution in [1.29, 1.82) is 0 Å². The minimum absolute atomic E-state index is 0.0137. The van der Waals surface area contributed by atoms with Crippen LogP contribution in [0.4, 0.5) is 4.79 Å². The highest BCUT2D eigenvalue weighted by Crippen LogP contribution is 2.17. The lowest BCUT2D eigenvalue weighted by molar-refractivity contribution is -0.134. The third-order valence-corrected chi connectivity index (χ3v) is 3.63. The van der Waals surface area contributed by atoms with Gasteiger partial charge in [0.15, 0.2) is 0 Å². The van der Waals surface area contributed by atoms with Crippen molar-refractivity contribution >= 4 is 22.9 Å². The fourth-order valence-electron chi connectivity index (χ4n) is 1.82. The lowest BCUT2D eigenvalue weighted by Crippen LogP contribution is -2.49. The first-order valence-corrected chi connectivity index (χ1v) is 6.05. The molecule has 2 N–H and O–H groups in total. The van der Waals surface area contributed by atoms with Crippen LogP contribution in [0.3, 0.4) is 0 Å². The van der Waals surface area contributed by atoms with E-state index in [-0.39, 0.29) is 23.3 Å². The second kappa shape index (κ2) is 4.40. The van der Waals surface area contributed by atoms with Crippen LogP contribution in [-0.2, 0) is 4.79 Å². The van der Waals surface area contributed by atoms with Crippen molar-refractivity contribution < 1.29 is 14.7 Å².